The van der Waals surface area contributed by atoms with E-state index < -0.39 is 0 Å². The van der Waals surface area contributed by atoms with Crippen LogP contribution < -0.4 is 16.4 Å². The van der Waals surface area contributed by atoms with Gasteiger partial charge in [-0.05, 0) is 25.0 Å². The molecule has 0 saturated carbocycles. The number of nitrogens with two attached hydrogens (primary N) is 1. The number of rotatable bonds is 8. The predicted octanol–water partition coefficient (Wildman–Crippen LogP) is 1.73. The van der Waals surface area contributed by atoms with E-state index in [1.54, 1.807) is 0 Å². The normalized spacial score (nSPS) is 11.9. The lowest BCUT2D eigenvalue weighted by molar-refractivity contribution is -0.122. The fourth-order valence-electron chi connectivity index (χ4n) is 1.66. The molecule has 4 nitrogen and oxygen atoms in total. The zero-order chi connectivity index (χ0) is 13.2. The van der Waals surface area contributed by atoms with Gasteiger partial charge < -0.3 is 16.4 Å². The van der Waals surface area contributed by atoms with E-state index in [2.05, 4.69) is 10.6 Å². The lowest BCUT2D eigenvalue weighted by Gasteiger charge is -2.11. The summed E-state index contributed by atoms with van der Waals surface area (Å²) in [5, 5.41) is 6.14. The summed E-state index contributed by atoms with van der Waals surface area (Å²) in [7, 11) is 0. The summed E-state index contributed by atoms with van der Waals surface area (Å²) in [6.45, 7) is 3.53. The molecule has 4 N–H and O–H groups in total. The average Bonchev–Trinajstić information content (AvgIpc) is 2.39. The third-order valence-electron chi connectivity index (χ3n) is 2.69. The van der Waals surface area contributed by atoms with Crippen molar-refractivity contribution in [2.75, 3.05) is 18.4 Å². The van der Waals surface area contributed by atoms with Gasteiger partial charge in [-0.2, -0.15) is 0 Å². The third-order valence-corrected chi connectivity index (χ3v) is 2.69. The van der Waals surface area contributed by atoms with Crippen LogP contribution in [0, 0.1) is 0 Å². The summed E-state index contributed by atoms with van der Waals surface area (Å²) in [6, 6.07) is 9.66. The van der Waals surface area contributed by atoms with Crippen molar-refractivity contribution < 1.29 is 4.79 Å². The molecule has 0 heterocycles. The standard InChI is InChI=1S/C14H23N3O/c1-2-7-13(15)14(18)17-11-6-10-16-12-8-4-3-5-9-12/h3-5,8-9,13,16H,2,6-7,10-11,15H2,1H3,(H,17,18). The summed E-state index contributed by atoms with van der Waals surface area (Å²) in [5.41, 5.74) is 6.81. The van der Waals surface area contributed by atoms with E-state index in [0.717, 1.165) is 31.5 Å². The molecule has 0 bridgehead atoms. The van der Waals surface area contributed by atoms with Gasteiger partial charge in [-0.3, -0.25) is 4.79 Å². The number of anilines is 1. The second-order valence-electron chi connectivity index (χ2n) is 4.33. The van der Waals surface area contributed by atoms with Crippen LogP contribution in [0.1, 0.15) is 26.2 Å². The Labute approximate surface area is 109 Å². The minimum absolute atomic E-state index is 0.0449. The molecule has 1 aromatic rings. The Bertz CT molecular complexity index is 340. The van der Waals surface area contributed by atoms with Crippen molar-refractivity contribution in [3.05, 3.63) is 30.3 Å². The Kier molecular flexibility index (Phi) is 6.87. The Balaban J connectivity index is 2.07. The van der Waals surface area contributed by atoms with Crippen LogP contribution >= 0.6 is 0 Å². The lowest BCUT2D eigenvalue weighted by atomic mass is 10.1. The zero-order valence-corrected chi connectivity index (χ0v) is 11.0. The molecule has 18 heavy (non-hydrogen) atoms. The molecule has 0 spiro atoms. The smallest absolute Gasteiger partial charge is 0.236 e. The van der Waals surface area contributed by atoms with E-state index in [1.165, 1.54) is 0 Å². The molecule has 0 aromatic heterocycles. The molecule has 0 radical (unpaired) electrons. The van der Waals surface area contributed by atoms with Crippen molar-refractivity contribution in [2.24, 2.45) is 5.73 Å². The van der Waals surface area contributed by atoms with E-state index in [0.29, 0.717) is 6.54 Å². The molecule has 0 aliphatic heterocycles. The molecule has 1 amide bonds. The number of para-hydroxylation sites is 1. The van der Waals surface area contributed by atoms with Gasteiger partial charge in [0.1, 0.15) is 0 Å². The molecule has 1 rings (SSSR count). The molecule has 1 atom stereocenters. The summed E-state index contributed by atoms with van der Waals surface area (Å²) < 4.78 is 0. The average molecular weight is 249 g/mol. The van der Waals surface area contributed by atoms with Gasteiger partial charge in [0.2, 0.25) is 5.91 Å². The van der Waals surface area contributed by atoms with Crippen molar-refractivity contribution in [2.45, 2.75) is 32.2 Å². The van der Waals surface area contributed by atoms with E-state index in [-0.39, 0.29) is 11.9 Å². The van der Waals surface area contributed by atoms with Crippen LogP contribution in [0.3, 0.4) is 0 Å². The molecule has 0 aliphatic carbocycles. The van der Waals surface area contributed by atoms with Gasteiger partial charge in [-0.25, -0.2) is 0 Å². The number of amides is 1. The number of carbonyl (C=O) groups is 1. The third kappa shape index (κ3) is 5.68. The highest BCUT2D eigenvalue weighted by Gasteiger charge is 2.10. The first-order valence-corrected chi connectivity index (χ1v) is 6.56. The predicted molar refractivity (Wildman–Crippen MR) is 75.4 cm³/mol. The summed E-state index contributed by atoms with van der Waals surface area (Å²) in [6.07, 6.45) is 2.57. The Hall–Kier alpha value is -1.55. The fourth-order valence-corrected chi connectivity index (χ4v) is 1.66. The van der Waals surface area contributed by atoms with Gasteiger partial charge in [-0.15, -0.1) is 0 Å². The first-order chi connectivity index (χ1) is 8.74. The van der Waals surface area contributed by atoms with Gasteiger partial charge in [0.05, 0.1) is 6.04 Å². The molecule has 0 aliphatic rings. The van der Waals surface area contributed by atoms with Gasteiger partial charge in [0, 0.05) is 18.8 Å². The van der Waals surface area contributed by atoms with Crippen LogP contribution in [-0.2, 0) is 4.79 Å². The number of carbonyl (C=O) groups excluding carboxylic acids is 1. The molecule has 1 unspecified atom stereocenters. The van der Waals surface area contributed by atoms with Crippen LogP contribution in [0.15, 0.2) is 30.3 Å². The van der Waals surface area contributed by atoms with Crippen LogP contribution in [0.4, 0.5) is 5.69 Å². The second kappa shape index (κ2) is 8.53. The number of hydrogen-bond donors (Lipinski definition) is 3. The van der Waals surface area contributed by atoms with Crippen molar-refractivity contribution >= 4 is 11.6 Å². The maximum absolute atomic E-state index is 11.5. The topological polar surface area (TPSA) is 67.2 Å². The minimum atomic E-state index is -0.364. The fraction of sp³-hybridized carbons (Fsp3) is 0.500. The van der Waals surface area contributed by atoms with E-state index in [4.69, 9.17) is 5.73 Å². The van der Waals surface area contributed by atoms with Crippen molar-refractivity contribution in [3.63, 3.8) is 0 Å². The monoisotopic (exact) mass is 249 g/mol. The molecule has 100 valence electrons. The SMILES string of the molecule is CCCC(N)C(=O)NCCCNc1ccccc1. The summed E-state index contributed by atoms with van der Waals surface area (Å²) >= 11 is 0. The largest absolute Gasteiger partial charge is 0.385 e. The maximum Gasteiger partial charge on any atom is 0.236 e. The maximum atomic E-state index is 11.5. The zero-order valence-electron chi connectivity index (χ0n) is 11.0. The van der Waals surface area contributed by atoms with Crippen molar-refractivity contribution in [1.29, 1.82) is 0 Å². The van der Waals surface area contributed by atoms with E-state index in [9.17, 15) is 4.79 Å². The van der Waals surface area contributed by atoms with E-state index in [1.807, 2.05) is 37.3 Å². The lowest BCUT2D eigenvalue weighted by Crippen LogP contribution is -2.41. The van der Waals surface area contributed by atoms with Gasteiger partial charge in [0.25, 0.3) is 0 Å². The first kappa shape index (κ1) is 14.5. The quantitative estimate of drug-likeness (QED) is 0.615. The van der Waals surface area contributed by atoms with Crippen LogP contribution in [0.2, 0.25) is 0 Å². The molecule has 0 fully saturated rings. The van der Waals surface area contributed by atoms with E-state index >= 15 is 0 Å². The van der Waals surface area contributed by atoms with Crippen molar-refractivity contribution in [3.8, 4) is 0 Å². The minimum Gasteiger partial charge on any atom is -0.385 e. The van der Waals surface area contributed by atoms with Gasteiger partial charge in [-0.1, -0.05) is 31.5 Å². The Morgan fingerprint density at radius 1 is 1.28 bits per heavy atom. The number of benzene rings is 1. The van der Waals surface area contributed by atoms with Crippen LogP contribution in [-0.4, -0.2) is 25.0 Å². The van der Waals surface area contributed by atoms with Crippen LogP contribution in [0.5, 0.6) is 0 Å². The highest BCUT2D eigenvalue weighted by Crippen LogP contribution is 2.04. The molecule has 0 saturated heterocycles. The molecular formula is C14H23N3O. The van der Waals surface area contributed by atoms with Gasteiger partial charge in [0.15, 0.2) is 0 Å². The first-order valence-electron chi connectivity index (χ1n) is 6.56. The van der Waals surface area contributed by atoms with Crippen molar-refractivity contribution in [1.82, 2.24) is 5.32 Å². The molecule has 4 heteroatoms. The Morgan fingerprint density at radius 3 is 2.67 bits per heavy atom. The van der Waals surface area contributed by atoms with Crippen LogP contribution in [0.25, 0.3) is 0 Å². The number of hydrogen-bond acceptors (Lipinski definition) is 3. The second-order valence-corrected chi connectivity index (χ2v) is 4.33. The highest BCUT2D eigenvalue weighted by molar-refractivity contribution is 5.81. The van der Waals surface area contributed by atoms with Gasteiger partial charge >= 0.3 is 0 Å². The summed E-state index contributed by atoms with van der Waals surface area (Å²) in [5.74, 6) is -0.0449. The number of nitrogens with one attached hydrogen (secondary N) is 2. The summed E-state index contributed by atoms with van der Waals surface area (Å²) in [4.78, 5) is 11.5. The molecular weight excluding hydrogens is 226 g/mol. The molecule has 1 aromatic carbocycles. The highest BCUT2D eigenvalue weighted by atomic mass is 16.2. The Morgan fingerprint density at radius 2 is 2.00 bits per heavy atom.